The maximum absolute atomic E-state index is 13.6. The van der Waals surface area contributed by atoms with E-state index in [1.165, 1.54) is 10.8 Å². The minimum atomic E-state index is -2.93. The molecule has 9 nitrogen and oxygen atoms in total. The van der Waals surface area contributed by atoms with E-state index in [-0.39, 0.29) is 16.8 Å². The van der Waals surface area contributed by atoms with Gasteiger partial charge in [0.1, 0.15) is 29.4 Å². The fraction of sp³-hybridized carbons (Fsp3) is 0.421. The molecule has 262 valence electrons. The molecule has 0 spiro atoms. The van der Waals surface area contributed by atoms with Crippen LogP contribution in [0.3, 0.4) is 0 Å². The highest BCUT2D eigenvalue weighted by Gasteiger charge is 2.73. The van der Waals surface area contributed by atoms with Gasteiger partial charge in [-0.25, -0.2) is 4.79 Å². The van der Waals surface area contributed by atoms with Gasteiger partial charge in [-0.05, 0) is 52.9 Å². The van der Waals surface area contributed by atoms with Crippen LogP contribution < -0.4 is 20.7 Å². The smallest absolute Gasteiger partial charge is 0.330 e. The fourth-order valence-corrected chi connectivity index (χ4v) is 11.8. The first-order chi connectivity index (χ1) is 23.0. The Bertz CT molecular complexity index is 1840. The third kappa shape index (κ3) is 5.73. The van der Waals surface area contributed by atoms with E-state index in [4.69, 9.17) is 14.2 Å². The third-order valence-electron chi connectivity index (χ3n) is 11.3. The molecule has 0 aliphatic carbocycles. The molecule has 4 aromatic rings. The first-order valence-electron chi connectivity index (χ1n) is 16.3. The Balaban J connectivity index is 1.91. The molecule has 0 saturated carbocycles. The van der Waals surface area contributed by atoms with Crippen LogP contribution in [0.15, 0.2) is 94.6 Å². The second kappa shape index (κ2) is 13.3. The van der Waals surface area contributed by atoms with Gasteiger partial charge in [0.05, 0.1) is 32.9 Å². The molecule has 1 fully saturated rings. The predicted octanol–water partition coefficient (Wildman–Crippen LogP) is 6.09. The number of rotatable bonds is 10. The molecule has 5 rings (SSSR count). The molecule has 11 heteroatoms. The summed E-state index contributed by atoms with van der Waals surface area (Å²) in [6, 6.07) is 24.8. The summed E-state index contributed by atoms with van der Waals surface area (Å²) in [4.78, 5) is 28.1. The van der Waals surface area contributed by atoms with Gasteiger partial charge in [0, 0.05) is 23.5 Å². The summed E-state index contributed by atoms with van der Waals surface area (Å²) in [5.74, 6) is 1.29. The van der Waals surface area contributed by atoms with Crippen molar-refractivity contribution in [1.82, 2.24) is 9.55 Å². The molecule has 3 aromatic carbocycles. The Labute approximate surface area is 297 Å². The number of alkyl halides is 1. The second-order valence-electron chi connectivity index (χ2n) is 14.5. The number of aromatic nitrogens is 2. The Morgan fingerprint density at radius 3 is 1.88 bits per heavy atom. The van der Waals surface area contributed by atoms with Crippen molar-refractivity contribution in [3.05, 3.63) is 128 Å². The van der Waals surface area contributed by atoms with Crippen LogP contribution in [0.1, 0.15) is 55.7 Å². The topological polar surface area (TPSA) is 123 Å². The number of nitrogens with zero attached hydrogens (tertiary/aromatic N) is 1. The van der Waals surface area contributed by atoms with Gasteiger partial charge in [-0.15, -0.1) is 0 Å². The maximum Gasteiger partial charge on any atom is 0.330 e. The summed E-state index contributed by atoms with van der Waals surface area (Å²) in [6.07, 6.45) is -0.985. The summed E-state index contributed by atoms with van der Waals surface area (Å²) >= 11 is 3.76. The normalized spacial score (nSPS) is 22.1. The molecule has 1 aromatic heterocycles. The lowest BCUT2D eigenvalue weighted by Gasteiger charge is -2.58. The summed E-state index contributed by atoms with van der Waals surface area (Å²) in [7, 11) is 0.273. The van der Waals surface area contributed by atoms with Gasteiger partial charge in [-0.1, -0.05) is 104 Å². The summed E-state index contributed by atoms with van der Waals surface area (Å²) in [5.41, 5.74) is -1.61. The number of hydrogen-bond donors (Lipinski definition) is 3. The predicted molar refractivity (Wildman–Crippen MR) is 198 cm³/mol. The van der Waals surface area contributed by atoms with Gasteiger partial charge in [0.15, 0.2) is 0 Å². The van der Waals surface area contributed by atoms with Crippen molar-refractivity contribution in [1.29, 1.82) is 0 Å². The lowest BCUT2D eigenvalue weighted by molar-refractivity contribution is -0.175. The molecule has 0 bridgehead atoms. The quantitative estimate of drug-likeness (QED) is 0.102. The number of aromatic amines is 1. The zero-order valence-corrected chi connectivity index (χ0v) is 32.0. The standard InChI is InChI=1S/C38H47BrN2O7Si/c1-25-23-41(34(44)40-32(25)42)31-22-37(45,49(7,8)35(2,3)4)36(24-39,48-31)33(43)38(26-12-10-9-11-13-26,27-14-18-29(46-5)19-15-27)28-16-20-30(47-6)21-17-28/h9-21,23,31,33,43,45H,22,24H2,1-8H3,(H,40,42,44)/t31-,33?,36-,37-/m1/s1. The number of ether oxygens (including phenoxy) is 3. The van der Waals surface area contributed by atoms with Gasteiger partial charge < -0.3 is 24.4 Å². The molecule has 1 saturated heterocycles. The number of aliphatic hydroxyl groups is 2. The minimum Gasteiger partial charge on any atom is -0.497 e. The number of methoxy groups -OCH3 is 2. The van der Waals surface area contributed by atoms with Crippen LogP contribution in [0, 0.1) is 6.92 Å². The highest BCUT2D eigenvalue weighted by Crippen LogP contribution is 2.61. The summed E-state index contributed by atoms with van der Waals surface area (Å²) in [5, 5.41) is 25.2. The molecule has 1 aliphatic rings. The number of halogens is 1. The fourth-order valence-electron chi connectivity index (χ4n) is 7.40. The van der Waals surface area contributed by atoms with Crippen LogP contribution in [-0.2, 0) is 10.2 Å². The number of aryl methyl sites for hydroxylation is 1. The molecule has 0 radical (unpaired) electrons. The number of aliphatic hydroxyl groups excluding tert-OH is 1. The number of benzene rings is 3. The van der Waals surface area contributed by atoms with Crippen LogP contribution in [-0.4, -0.2) is 64.3 Å². The van der Waals surface area contributed by atoms with E-state index in [9.17, 15) is 19.8 Å². The van der Waals surface area contributed by atoms with E-state index < -0.39 is 47.9 Å². The van der Waals surface area contributed by atoms with Crippen molar-refractivity contribution in [2.75, 3.05) is 19.5 Å². The SMILES string of the molecule is COc1ccc(C(c2ccccc2)(c2ccc(OC)cc2)C(O)[C@@]2(CBr)O[C@@H](n3cc(C)c(=O)[nH]c3=O)C[C@@]2(O)[Si](C)(C)C(C)(C)C)cc1. The van der Waals surface area contributed by atoms with E-state index in [1.807, 2.05) is 78.9 Å². The Morgan fingerprint density at radius 1 is 0.939 bits per heavy atom. The van der Waals surface area contributed by atoms with Crippen molar-refractivity contribution < 1.29 is 24.4 Å². The molecule has 2 heterocycles. The lowest BCUT2D eigenvalue weighted by atomic mass is 9.61. The average Bonchev–Trinajstić information content (AvgIpc) is 3.41. The van der Waals surface area contributed by atoms with E-state index in [1.54, 1.807) is 21.1 Å². The van der Waals surface area contributed by atoms with Crippen molar-refractivity contribution >= 4 is 24.0 Å². The molecule has 4 atom stereocenters. The van der Waals surface area contributed by atoms with Gasteiger partial charge in [0.2, 0.25) is 0 Å². The van der Waals surface area contributed by atoms with Gasteiger partial charge in [0.25, 0.3) is 5.56 Å². The van der Waals surface area contributed by atoms with Crippen molar-refractivity contribution in [3.8, 4) is 11.5 Å². The van der Waals surface area contributed by atoms with Crippen molar-refractivity contribution in [2.45, 2.75) is 80.8 Å². The monoisotopic (exact) mass is 750 g/mol. The second-order valence-corrected chi connectivity index (χ2v) is 20.7. The lowest BCUT2D eigenvalue weighted by Crippen LogP contribution is -2.76. The maximum atomic E-state index is 13.6. The highest BCUT2D eigenvalue weighted by atomic mass is 79.9. The molecular formula is C38H47BrN2O7Si. The van der Waals surface area contributed by atoms with Crippen LogP contribution in [0.2, 0.25) is 18.1 Å². The highest BCUT2D eigenvalue weighted by molar-refractivity contribution is 9.09. The number of hydrogen-bond acceptors (Lipinski definition) is 7. The molecular weight excluding hydrogens is 704 g/mol. The molecule has 49 heavy (non-hydrogen) atoms. The molecule has 1 unspecified atom stereocenters. The van der Waals surface area contributed by atoms with E-state index in [2.05, 4.69) is 54.8 Å². The van der Waals surface area contributed by atoms with Crippen LogP contribution in [0.25, 0.3) is 0 Å². The van der Waals surface area contributed by atoms with E-state index in [0.29, 0.717) is 17.1 Å². The van der Waals surface area contributed by atoms with Gasteiger partial charge >= 0.3 is 5.69 Å². The minimum absolute atomic E-state index is 0.00758. The Hall–Kier alpha value is -3.48. The zero-order valence-electron chi connectivity index (χ0n) is 29.4. The largest absolute Gasteiger partial charge is 0.497 e. The van der Waals surface area contributed by atoms with Crippen LogP contribution in [0.5, 0.6) is 11.5 Å². The molecule has 1 aliphatic heterocycles. The first-order valence-corrected chi connectivity index (χ1v) is 20.5. The van der Waals surface area contributed by atoms with Gasteiger partial charge in [-0.2, -0.15) is 0 Å². The van der Waals surface area contributed by atoms with Gasteiger partial charge in [-0.3, -0.25) is 14.3 Å². The van der Waals surface area contributed by atoms with Crippen molar-refractivity contribution in [3.63, 3.8) is 0 Å². The van der Waals surface area contributed by atoms with Crippen LogP contribution in [0.4, 0.5) is 0 Å². The van der Waals surface area contributed by atoms with Crippen LogP contribution >= 0.6 is 15.9 Å². The average molecular weight is 752 g/mol. The van der Waals surface area contributed by atoms with E-state index in [0.717, 1.165) is 16.7 Å². The van der Waals surface area contributed by atoms with Crippen molar-refractivity contribution in [2.24, 2.45) is 0 Å². The summed E-state index contributed by atoms with van der Waals surface area (Å²) in [6.45, 7) is 12.1. The Kier molecular flexibility index (Phi) is 10.0. The first kappa shape index (κ1) is 36.8. The zero-order chi connectivity index (χ0) is 36.0. The number of H-pyrrole nitrogens is 1. The third-order valence-corrected chi connectivity index (χ3v) is 18.5. The van der Waals surface area contributed by atoms with E-state index >= 15 is 0 Å². The summed E-state index contributed by atoms with van der Waals surface area (Å²) < 4.78 is 19.4. The number of nitrogens with one attached hydrogen (secondary N) is 1. The molecule has 0 amide bonds. The Morgan fingerprint density at radius 2 is 1.43 bits per heavy atom. The molecule has 3 N–H and O–H groups in total.